The summed E-state index contributed by atoms with van der Waals surface area (Å²) in [5, 5.41) is 2.01. The molecule has 1 amide bonds. The summed E-state index contributed by atoms with van der Waals surface area (Å²) in [5.41, 5.74) is 1.28. The molecule has 2 aromatic rings. The number of carbonyl (C=O) groups excluding carboxylic acids is 1. The molecule has 0 atom stereocenters. The monoisotopic (exact) mass is 406 g/mol. The van der Waals surface area contributed by atoms with Gasteiger partial charge in [-0.05, 0) is 48.9 Å². The molecule has 1 fully saturated rings. The van der Waals surface area contributed by atoms with Crippen LogP contribution in [0.2, 0.25) is 0 Å². The molecule has 1 aliphatic carbocycles. The highest BCUT2D eigenvalue weighted by Crippen LogP contribution is 2.31. The number of hydrogen-bond acceptors (Lipinski definition) is 4. The van der Waals surface area contributed by atoms with Gasteiger partial charge < -0.3 is 4.90 Å². The van der Waals surface area contributed by atoms with Gasteiger partial charge in [0, 0.05) is 29.6 Å². The Morgan fingerprint density at radius 2 is 1.89 bits per heavy atom. The fraction of sp³-hybridized carbons (Fsp3) is 0.450. The molecule has 0 spiro atoms. The Hall–Kier alpha value is -1.70. The molecule has 0 aliphatic heterocycles. The predicted octanol–water partition coefficient (Wildman–Crippen LogP) is 3.89. The first-order chi connectivity index (χ1) is 12.9. The summed E-state index contributed by atoms with van der Waals surface area (Å²) in [7, 11) is -3.59. The molecular weight excluding hydrogens is 380 g/mol. The van der Waals surface area contributed by atoms with Gasteiger partial charge in [-0.3, -0.25) is 4.79 Å². The van der Waals surface area contributed by atoms with Crippen molar-refractivity contribution in [3.05, 3.63) is 51.7 Å². The second kappa shape index (κ2) is 8.12. The molecule has 0 radical (unpaired) electrons. The van der Waals surface area contributed by atoms with Crippen molar-refractivity contribution in [1.29, 1.82) is 0 Å². The lowest BCUT2D eigenvalue weighted by atomic mass is 10.1. The van der Waals surface area contributed by atoms with Crippen LogP contribution in [-0.4, -0.2) is 42.7 Å². The van der Waals surface area contributed by atoms with Gasteiger partial charge in [-0.2, -0.15) is 4.31 Å². The maximum absolute atomic E-state index is 13.3. The van der Waals surface area contributed by atoms with E-state index >= 15 is 0 Å². The third-order valence-electron chi connectivity index (χ3n) is 4.94. The lowest BCUT2D eigenvalue weighted by molar-refractivity contribution is 0.0730. The second-order valence-electron chi connectivity index (χ2n) is 6.81. The predicted molar refractivity (Wildman–Crippen MR) is 109 cm³/mol. The van der Waals surface area contributed by atoms with Crippen LogP contribution in [0.25, 0.3) is 0 Å². The van der Waals surface area contributed by atoms with Gasteiger partial charge in [-0.25, -0.2) is 8.42 Å². The number of sulfonamides is 1. The lowest BCUT2D eigenvalue weighted by Gasteiger charge is -2.24. The van der Waals surface area contributed by atoms with E-state index in [-0.39, 0.29) is 16.8 Å². The van der Waals surface area contributed by atoms with Gasteiger partial charge in [0.25, 0.3) is 5.91 Å². The van der Waals surface area contributed by atoms with Crippen LogP contribution in [0, 0.1) is 6.92 Å². The molecule has 0 saturated heterocycles. The number of hydrogen-bond donors (Lipinski definition) is 0. The molecule has 7 heteroatoms. The number of carbonyl (C=O) groups is 1. The number of aryl methyl sites for hydroxylation is 1. The topological polar surface area (TPSA) is 57.7 Å². The first-order valence-corrected chi connectivity index (χ1v) is 11.6. The van der Waals surface area contributed by atoms with Crippen LogP contribution in [0.1, 0.15) is 47.5 Å². The summed E-state index contributed by atoms with van der Waals surface area (Å²) in [6, 6.07) is 9.15. The third-order valence-corrected chi connectivity index (χ3v) is 7.84. The minimum atomic E-state index is -3.59. The van der Waals surface area contributed by atoms with Crippen LogP contribution in [0.5, 0.6) is 0 Å². The minimum Gasteiger partial charge on any atom is -0.331 e. The molecule has 0 unspecified atom stereocenters. The van der Waals surface area contributed by atoms with Gasteiger partial charge >= 0.3 is 0 Å². The van der Waals surface area contributed by atoms with E-state index in [1.54, 1.807) is 29.5 Å². The van der Waals surface area contributed by atoms with Gasteiger partial charge in [-0.15, -0.1) is 11.3 Å². The normalized spacial score (nSPS) is 14.5. The highest BCUT2D eigenvalue weighted by molar-refractivity contribution is 7.89. The average Bonchev–Trinajstić information content (AvgIpc) is 3.36. The van der Waals surface area contributed by atoms with Crippen molar-refractivity contribution in [1.82, 2.24) is 9.21 Å². The van der Waals surface area contributed by atoms with E-state index in [2.05, 4.69) is 0 Å². The summed E-state index contributed by atoms with van der Waals surface area (Å²) in [4.78, 5) is 16.5. The molecule has 0 N–H and O–H groups in total. The first-order valence-electron chi connectivity index (χ1n) is 9.32. The molecule has 1 saturated carbocycles. The number of benzene rings is 1. The van der Waals surface area contributed by atoms with E-state index in [4.69, 9.17) is 0 Å². The zero-order valence-corrected chi connectivity index (χ0v) is 17.6. The van der Waals surface area contributed by atoms with Gasteiger partial charge in [0.1, 0.15) is 0 Å². The highest BCUT2D eigenvalue weighted by atomic mass is 32.2. The Balaban J connectivity index is 1.94. The van der Waals surface area contributed by atoms with Gasteiger partial charge in [0.15, 0.2) is 0 Å². The van der Waals surface area contributed by atoms with Gasteiger partial charge in [-0.1, -0.05) is 26.0 Å². The van der Waals surface area contributed by atoms with E-state index < -0.39 is 10.0 Å². The minimum absolute atomic E-state index is 0.0833. The Morgan fingerprint density at radius 1 is 1.19 bits per heavy atom. The van der Waals surface area contributed by atoms with Crippen LogP contribution in [0.15, 0.2) is 40.6 Å². The molecule has 27 heavy (non-hydrogen) atoms. The molecule has 1 aromatic heterocycles. The number of amides is 1. The maximum atomic E-state index is 13.3. The maximum Gasteiger partial charge on any atom is 0.254 e. The molecule has 146 valence electrons. The van der Waals surface area contributed by atoms with Crippen molar-refractivity contribution < 1.29 is 13.2 Å². The second-order valence-corrected chi connectivity index (χ2v) is 9.78. The quantitative estimate of drug-likeness (QED) is 0.668. The average molecular weight is 407 g/mol. The standard InChI is InChI=1S/C20H26N2O3S2/c1-4-21(5-2)27(24,25)18-11-8-15(3)19(13-18)20(23)22(16-9-10-16)14-17-7-6-12-26-17/h6-8,11-13,16H,4-5,9-10,14H2,1-3H3. The molecule has 5 nitrogen and oxygen atoms in total. The van der Waals surface area contributed by atoms with Gasteiger partial charge in [0.2, 0.25) is 10.0 Å². The van der Waals surface area contributed by atoms with E-state index in [9.17, 15) is 13.2 Å². The molecular formula is C20H26N2O3S2. The van der Waals surface area contributed by atoms with Crippen LogP contribution < -0.4 is 0 Å². The Kier molecular flexibility index (Phi) is 6.03. The Labute approximate surface area is 165 Å². The van der Waals surface area contributed by atoms with E-state index in [1.807, 2.05) is 43.2 Å². The zero-order valence-electron chi connectivity index (χ0n) is 16.0. The van der Waals surface area contributed by atoms with Crippen molar-refractivity contribution in [2.45, 2.75) is 51.1 Å². The van der Waals surface area contributed by atoms with Crippen molar-refractivity contribution in [3.8, 4) is 0 Å². The van der Waals surface area contributed by atoms with Crippen LogP contribution >= 0.6 is 11.3 Å². The summed E-state index contributed by atoms with van der Waals surface area (Å²) >= 11 is 1.63. The number of rotatable bonds is 8. The Morgan fingerprint density at radius 3 is 2.44 bits per heavy atom. The summed E-state index contributed by atoms with van der Waals surface area (Å²) in [6.45, 7) is 6.88. The van der Waals surface area contributed by atoms with Crippen molar-refractivity contribution in [2.75, 3.05) is 13.1 Å². The largest absolute Gasteiger partial charge is 0.331 e. The molecule has 3 rings (SSSR count). The van der Waals surface area contributed by atoms with Crippen LogP contribution in [0.3, 0.4) is 0 Å². The summed E-state index contributed by atoms with van der Waals surface area (Å²) < 4.78 is 27.1. The van der Waals surface area contributed by atoms with Crippen LogP contribution in [0.4, 0.5) is 0 Å². The zero-order chi connectivity index (χ0) is 19.6. The van der Waals surface area contributed by atoms with E-state index in [0.717, 1.165) is 23.3 Å². The fourth-order valence-corrected chi connectivity index (χ4v) is 5.37. The number of thiophene rings is 1. The highest BCUT2D eigenvalue weighted by Gasteiger charge is 2.34. The first kappa shape index (κ1) is 20.0. The molecule has 1 aromatic carbocycles. The van der Waals surface area contributed by atoms with Crippen LogP contribution in [-0.2, 0) is 16.6 Å². The molecule has 1 aliphatic rings. The lowest BCUT2D eigenvalue weighted by Crippen LogP contribution is -2.33. The summed E-state index contributed by atoms with van der Waals surface area (Å²) in [5.74, 6) is -0.0833. The number of nitrogens with zero attached hydrogens (tertiary/aromatic N) is 2. The fourth-order valence-electron chi connectivity index (χ4n) is 3.18. The molecule has 1 heterocycles. The smallest absolute Gasteiger partial charge is 0.254 e. The van der Waals surface area contributed by atoms with Crippen molar-refractivity contribution >= 4 is 27.3 Å². The third kappa shape index (κ3) is 4.25. The summed E-state index contributed by atoms with van der Waals surface area (Å²) in [6.07, 6.45) is 2.02. The van der Waals surface area contributed by atoms with Gasteiger partial charge in [0.05, 0.1) is 11.4 Å². The van der Waals surface area contributed by atoms with E-state index in [0.29, 0.717) is 25.2 Å². The SMILES string of the molecule is CCN(CC)S(=O)(=O)c1ccc(C)c(C(=O)N(Cc2cccs2)C2CC2)c1. The van der Waals surface area contributed by atoms with E-state index in [1.165, 1.54) is 4.31 Å². The van der Waals surface area contributed by atoms with Crippen molar-refractivity contribution in [2.24, 2.45) is 0 Å². The van der Waals surface area contributed by atoms with Crippen molar-refractivity contribution in [3.63, 3.8) is 0 Å². The molecule has 0 bridgehead atoms. The Bertz CT molecular complexity index is 899.